The molecule has 1 aromatic heterocycles. The molecule has 0 saturated carbocycles. The lowest BCUT2D eigenvalue weighted by molar-refractivity contribution is -0.116. The number of amides is 1. The molecule has 0 bridgehead atoms. The zero-order chi connectivity index (χ0) is 32.2. The maximum atomic E-state index is 12.3. The summed E-state index contributed by atoms with van der Waals surface area (Å²) in [5, 5.41) is 12.9. The van der Waals surface area contributed by atoms with Crippen molar-refractivity contribution in [2.45, 2.75) is 92.9 Å². The van der Waals surface area contributed by atoms with Crippen LogP contribution in [0.15, 0.2) is 21.9 Å². The highest BCUT2D eigenvalue weighted by molar-refractivity contribution is 7.40. The Balaban J connectivity index is -0.00000165. The number of rotatable bonds is 14. The standard InChI is InChI=1S/C21H35N4O7P.3C2H6.CH4O/c1-15-12-19(32-17(15)14-31-33(29)30-3)25-13-16(20(27)24-21(25)28)8-9-18(26)23-11-7-5-4-6-10-22-2;4*1-2/h8-9,13,15,17,19,22,29H,4-7,10-12,14H2,1-3H3,(H,23,26)(H,24,27,28);3*1-2H3;2H,1H3/b9-8+;;;;. The van der Waals surface area contributed by atoms with Crippen molar-refractivity contribution in [2.24, 2.45) is 5.92 Å². The Morgan fingerprint density at radius 1 is 1.12 bits per heavy atom. The first-order chi connectivity index (χ1) is 19.8. The number of nitrogens with zero attached hydrogens (tertiary/aromatic N) is 1. The largest absolute Gasteiger partial charge is 0.400 e. The number of aromatic nitrogens is 2. The fourth-order valence-electron chi connectivity index (χ4n) is 3.48. The van der Waals surface area contributed by atoms with Gasteiger partial charge >= 0.3 is 14.3 Å². The minimum atomic E-state index is -1.96. The van der Waals surface area contributed by atoms with E-state index in [1.54, 1.807) is 0 Å². The highest BCUT2D eigenvalue weighted by Gasteiger charge is 2.34. The zero-order valence-corrected chi connectivity index (χ0v) is 27.8. The summed E-state index contributed by atoms with van der Waals surface area (Å²) < 4.78 is 17.1. The second-order valence-corrected chi connectivity index (χ2v) is 9.05. The lowest BCUT2D eigenvalue weighted by Crippen LogP contribution is -2.33. The van der Waals surface area contributed by atoms with Crippen molar-refractivity contribution < 1.29 is 28.6 Å². The summed E-state index contributed by atoms with van der Waals surface area (Å²) in [6.45, 7) is 15.6. The van der Waals surface area contributed by atoms with Gasteiger partial charge in [-0.05, 0) is 44.8 Å². The predicted octanol–water partition coefficient (Wildman–Crippen LogP) is 3.94. The number of carbonyl (C=O) groups excluding carboxylic acids is 1. The Hall–Kier alpha value is -1.92. The minimum absolute atomic E-state index is 0.0529. The molecule has 4 unspecified atom stereocenters. The average Bonchev–Trinajstić information content (AvgIpc) is 3.38. The van der Waals surface area contributed by atoms with Crippen LogP contribution in [0.3, 0.4) is 0 Å². The predicted molar refractivity (Wildman–Crippen MR) is 168 cm³/mol. The van der Waals surface area contributed by atoms with E-state index < -0.39 is 26.1 Å². The molecular formula is C28H57N4O8P. The van der Waals surface area contributed by atoms with Crippen molar-refractivity contribution in [3.05, 3.63) is 38.7 Å². The Bertz CT molecular complexity index is 895. The lowest BCUT2D eigenvalue weighted by atomic mass is 10.0. The molecule has 1 fully saturated rings. The first-order valence-corrected chi connectivity index (χ1v) is 15.7. The van der Waals surface area contributed by atoms with Crippen LogP contribution in [0.2, 0.25) is 0 Å². The van der Waals surface area contributed by atoms with Gasteiger partial charge in [0.15, 0.2) is 0 Å². The van der Waals surface area contributed by atoms with Gasteiger partial charge in [0.1, 0.15) is 6.23 Å². The number of nitrogens with one attached hydrogen (secondary N) is 3. The Morgan fingerprint density at radius 2 is 1.71 bits per heavy atom. The number of hydrogen-bond donors (Lipinski definition) is 5. The molecule has 1 amide bonds. The third-order valence-corrected chi connectivity index (χ3v) is 6.10. The van der Waals surface area contributed by atoms with Gasteiger partial charge in [-0.25, -0.2) is 4.79 Å². The molecule has 4 atom stereocenters. The molecule has 2 rings (SSSR count). The number of H-pyrrole nitrogens is 1. The molecule has 1 aliphatic rings. The van der Waals surface area contributed by atoms with Gasteiger partial charge in [-0.15, -0.1) is 0 Å². The zero-order valence-electron chi connectivity index (χ0n) is 26.9. The van der Waals surface area contributed by atoms with Crippen LogP contribution in [-0.2, 0) is 18.6 Å². The average molecular weight is 609 g/mol. The van der Waals surface area contributed by atoms with Crippen molar-refractivity contribution in [1.29, 1.82) is 0 Å². The van der Waals surface area contributed by atoms with Crippen LogP contribution in [0, 0.1) is 5.92 Å². The molecule has 13 heteroatoms. The van der Waals surface area contributed by atoms with Crippen LogP contribution >= 0.6 is 8.60 Å². The van der Waals surface area contributed by atoms with E-state index in [1.165, 1.54) is 30.0 Å². The van der Waals surface area contributed by atoms with E-state index in [1.807, 2.05) is 55.5 Å². The molecule has 1 aliphatic heterocycles. The number of carbonyl (C=O) groups is 1. The molecule has 0 spiro atoms. The van der Waals surface area contributed by atoms with Gasteiger partial charge in [0.25, 0.3) is 5.56 Å². The van der Waals surface area contributed by atoms with Gasteiger partial charge in [-0.1, -0.05) is 61.3 Å². The van der Waals surface area contributed by atoms with E-state index in [0.29, 0.717) is 13.0 Å². The third kappa shape index (κ3) is 19.0. The topological polar surface area (TPSA) is 164 Å². The molecule has 12 nitrogen and oxygen atoms in total. The fourth-order valence-corrected chi connectivity index (χ4v) is 3.86. The SMILES string of the molecule is CC.CC.CC.CNCCCCCCNC(=O)/C=C/c1cn(C2CC(C)C(COP(O)OC)O2)c(=O)[nH]c1=O.CO. The number of aromatic amines is 1. The normalized spacial score (nSPS) is 17.9. The van der Waals surface area contributed by atoms with Crippen molar-refractivity contribution in [2.75, 3.05) is 41.0 Å². The van der Waals surface area contributed by atoms with Crippen molar-refractivity contribution in [3.63, 3.8) is 0 Å². The molecule has 41 heavy (non-hydrogen) atoms. The smallest absolute Gasteiger partial charge is 0.330 e. The van der Waals surface area contributed by atoms with Gasteiger partial charge in [0.05, 0.1) is 18.3 Å². The van der Waals surface area contributed by atoms with E-state index in [9.17, 15) is 19.3 Å². The Kier molecular flexibility index (Phi) is 31.4. The lowest BCUT2D eigenvalue weighted by Gasteiger charge is -2.17. The molecule has 0 aliphatic carbocycles. The first kappa shape index (κ1) is 43.5. The summed E-state index contributed by atoms with van der Waals surface area (Å²) in [5.74, 6) is -0.249. The number of unbranched alkanes of at least 4 members (excludes halogenated alkanes) is 3. The van der Waals surface area contributed by atoms with Crippen LogP contribution in [0.25, 0.3) is 6.08 Å². The van der Waals surface area contributed by atoms with E-state index in [0.717, 1.165) is 39.3 Å². The van der Waals surface area contributed by atoms with Gasteiger partial charge in [-0.2, -0.15) is 0 Å². The molecule has 0 radical (unpaired) electrons. The number of ether oxygens (including phenoxy) is 1. The molecule has 2 heterocycles. The molecular weight excluding hydrogens is 551 g/mol. The van der Waals surface area contributed by atoms with Gasteiger partial charge < -0.3 is 34.4 Å². The van der Waals surface area contributed by atoms with E-state index in [4.69, 9.17) is 18.9 Å². The summed E-state index contributed by atoms with van der Waals surface area (Å²) in [7, 11) is 2.30. The molecule has 5 N–H and O–H groups in total. The first-order valence-electron chi connectivity index (χ1n) is 14.6. The van der Waals surface area contributed by atoms with Gasteiger partial charge in [0, 0.05) is 33.0 Å². The van der Waals surface area contributed by atoms with E-state index in [-0.39, 0.29) is 30.1 Å². The van der Waals surface area contributed by atoms with Crippen LogP contribution < -0.4 is 21.9 Å². The van der Waals surface area contributed by atoms with Crippen molar-refractivity contribution in [1.82, 2.24) is 20.2 Å². The van der Waals surface area contributed by atoms with E-state index >= 15 is 0 Å². The molecule has 1 aromatic rings. The summed E-state index contributed by atoms with van der Waals surface area (Å²) in [4.78, 5) is 48.3. The summed E-state index contributed by atoms with van der Waals surface area (Å²) >= 11 is 0. The van der Waals surface area contributed by atoms with Crippen LogP contribution in [0.4, 0.5) is 0 Å². The van der Waals surface area contributed by atoms with Crippen LogP contribution in [0.1, 0.15) is 92.4 Å². The molecule has 1 saturated heterocycles. The monoisotopic (exact) mass is 608 g/mol. The fraction of sp³-hybridized carbons (Fsp3) is 0.750. The molecule has 242 valence electrons. The summed E-state index contributed by atoms with van der Waals surface area (Å²) in [6, 6.07) is 0. The maximum absolute atomic E-state index is 12.3. The van der Waals surface area contributed by atoms with Crippen LogP contribution in [-0.4, -0.2) is 72.5 Å². The van der Waals surface area contributed by atoms with E-state index in [2.05, 4.69) is 15.6 Å². The number of aliphatic hydroxyl groups is 1. The summed E-state index contributed by atoms with van der Waals surface area (Å²) in [6.07, 6.45) is 7.76. The van der Waals surface area contributed by atoms with Crippen molar-refractivity contribution >= 4 is 20.6 Å². The van der Waals surface area contributed by atoms with Crippen LogP contribution in [0.5, 0.6) is 0 Å². The van der Waals surface area contributed by atoms with Gasteiger partial charge in [-0.3, -0.25) is 19.1 Å². The highest BCUT2D eigenvalue weighted by Crippen LogP contribution is 2.37. The highest BCUT2D eigenvalue weighted by atomic mass is 31.2. The van der Waals surface area contributed by atoms with Crippen molar-refractivity contribution in [3.8, 4) is 0 Å². The Morgan fingerprint density at radius 3 is 2.27 bits per heavy atom. The number of hydrogen-bond acceptors (Lipinski definition) is 9. The number of aliphatic hydroxyl groups excluding tert-OH is 1. The second-order valence-electron chi connectivity index (χ2n) is 7.95. The maximum Gasteiger partial charge on any atom is 0.330 e. The minimum Gasteiger partial charge on any atom is -0.400 e. The Labute approximate surface area is 247 Å². The second kappa shape index (κ2) is 29.6. The summed E-state index contributed by atoms with van der Waals surface area (Å²) in [5.41, 5.74) is -1.01. The quantitative estimate of drug-likeness (QED) is 0.120. The molecule has 0 aromatic carbocycles. The van der Waals surface area contributed by atoms with Gasteiger partial charge in [0.2, 0.25) is 5.91 Å². The third-order valence-electron chi connectivity index (χ3n) is 5.42.